The number of nitrogens with zero attached hydrogens (tertiary/aromatic N) is 2. The maximum atomic E-state index is 6.40. The molecular formula is C38H40IrN2OSi-2. The van der Waals surface area contributed by atoms with Crippen LogP contribution in [0.2, 0.25) is 19.6 Å². The van der Waals surface area contributed by atoms with Crippen LogP contribution in [0.5, 0.6) is 0 Å². The van der Waals surface area contributed by atoms with Gasteiger partial charge in [0.2, 0.25) is 0 Å². The zero-order valence-electron chi connectivity index (χ0n) is 26.2. The van der Waals surface area contributed by atoms with E-state index in [1.165, 1.54) is 32.6 Å². The third-order valence-electron chi connectivity index (χ3n) is 7.95. The summed E-state index contributed by atoms with van der Waals surface area (Å²) in [5.74, 6) is 0.569. The molecule has 0 aliphatic carbocycles. The summed E-state index contributed by atoms with van der Waals surface area (Å²) in [5.41, 5.74) is 9.54. The van der Waals surface area contributed by atoms with E-state index in [0.29, 0.717) is 5.92 Å². The minimum atomic E-state index is -1.56. The Bertz CT molecular complexity index is 1800. The fraction of sp³-hybridized carbons (Fsp3) is 0.263. The predicted molar refractivity (Wildman–Crippen MR) is 180 cm³/mol. The first-order chi connectivity index (χ1) is 20.2. The molecule has 3 aromatic heterocycles. The van der Waals surface area contributed by atoms with Gasteiger partial charge in [0, 0.05) is 46.0 Å². The van der Waals surface area contributed by atoms with Crippen molar-refractivity contribution in [2.75, 3.05) is 0 Å². The molecule has 0 unspecified atom stereocenters. The van der Waals surface area contributed by atoms with Crippen LogP contribution in [-0.2, 0) is 20.1 Å². The molecule has 0 saturated carbocycles. The van der Waals surface area contributed by atoms with Crippen molar-refractivity contribution in [2.24, 2.45) is 0 Å². The number of hydrogen-bond donors (Lipinski definition) is 0. The number of rotatable bonds is 6. The molecule has 0 saturated heterocycles. The van der Waals surface area contributed by atoms with Crippen LogP contribution in [0.4, 0.5) is 0 Å². The van der Waals surface area contributed by atoms with Gasteiger partial charge in [-0.3, -0.25) is 0 Å². The van der Waals surface area contributed by atoms with Crippen molar-refractivity contribution in [1.29, 1.82) is 0 Å². The van der Waals surface area contributed by atoms with E-state index in [4.69, 9.17) is 9.40 Å². The fourth-order valence-electron chi connectivity index (χ4n) is 5.56. The van der Waals surface area contributed by atoms with Gasteiger partial charge < -0.3 is 14.4 Å². The van der Waals surface area contributed by atoms with Gasteiger partial charge in [-0.15, -0.1) is 53.2 Å². The number of hydrogen-bond acceptors (Lipinski definition) is 3. The summed E-state index contributed by atoms with van der Waals surface area (Å²) in [6, 6.07) is 31.5. The van der Waals surface area contributed by atoms with Crippen LogP contribution in [-0.4, -0.2) is 18.0 Å². The number of furan rings is 1. The summed E-state index contributed by atoms with van der Waals surface area (Å²) in [6.45, 7) is 15.8. The molecule has 0 amide bonds. The number of para-hydroxylation sites is 1. The van der Waals surface area contributed by atoms with E-state index in [1.54, 1.807) is 0 Å². The Morgan fingerprint density at radius 2 is 1.60 bits per heavy atom. The van der Waals surface area contributed by atoms with Crippen LogP contribution in [0.15, 0.2) is 89.6 Å². The van der Waals surface area contributed by atoms with Crippen LogP contribution in [0.3, 0.4) is 0 Å². The van der Waals surface area contributed by atoms with Gasteiger partial charge in [0.05, 0.1) is 5.58 Å². The standard InChI is InChI=1S/C26H30NOSi.C12H10N.Ir/c1-7-18(8-2)19-15-17(3)25(27-16-19)21-13-14-23(29(4,5)6)24-20-11-9-10-12-22(20)28-26(21)24;1-10-7-8-12(13-9-10)11-5-3-2-4-6-11;/h9-12,14-16,18H,7-8H2,1-6H3;2-5,7-9H,1H3;/q2*-1;. The van der Waals surface area contributed by atoms with Crippen LogP contribution in [0, 0.1) is 26.0 Å². The molecule has 0 spiro atoms. The zero-order valence-corrected chi connectivity index (χ0v) is 29.6. The summed E-state index contributed by atoms with van der Waals surface area (Å²) in [4.78, 5) is 9.21. The first-order valence-corrected chi connectivity index (χ1v) is 18.4. The molecule has 6 aromatic rings. The fourth-order valence-corrected chi connectivity index (χ4v) is 7.06. The number of aromatic nitrogens is 2. The molecule has 1 radical (unpaired) electrons. The van der Waals surface area contributed by atoms with E-state index in [0.717, 1.165) is 46.5 Å². The molecule has 3 nitrogen and oxygen atoms in total. The van der Waals surface area contributed by atoms with Gasteiger partial charge in [0.1, 0.15) is 5.58 Å². The SMILES string of the molecule is CCC(CC)c1cnc(-c2[c-]cc([Si](C)(C)C)c3c2oc2ccccc23)c(C)c1.Cc1ccc(-c2[c-]cccc2)nc1.[Ir]. The van der Waals surface area contributed by atoms with Crippen LogP contribution < -0.4 is 5.19 Å². The second-order valence-corrected chi connectivity index (χ2v) is 17.1. The maximum Gasteiger partial charge on any atom is 0.120 e. The van der Waals surface area contributed by atoms with Gasteiger partial charge in [0.15, 0.2) is 0 Å². The van der Waals surface area contributed by atoms with Crippen molar-refractivity contribution < 1.29 is 24.5 Å². The third-order valence-corrected chi connectivity index (χ3v) is 9.96. The average Bonchev–Trinajstić information content (AvgIpc) is 3.38. The van der Waals surface area contributed by atoms with Crippen molar-refractivity contribution in [3.63, 3.8) is 0 Å². The summed E-state index contributed by atoms with van der Waals surface area (Å²) in [5, 5.41) is 3.84. The van der Waals surface area contributed by atoms with E-state index in [2.05, 4.69) is 100 Å². The molecule has 5 heteroatoms. The third kappa shape index (κ3) is 7.07. The smallest absolute Gasteiger partial charge is 0.120 e. The Labute approximate surface area is 271 Å². The summed E-state index contributed by atoms with van der Waals surface area (Å²) < 4.78 is 6.40. The first-order valence-electron chi connectivity index (χ1n) is 14.9. The van der Waals surface area contributed by atoms with Crippen molar-refractivity contribution >= 4 is 35.2 Å². The van der Waals surface area contributed by atoms with E-state index < -0.39 is 8.07 Å². The van der Waals surface area contributed by atoms with Crippen molar-refractivity contribution in [3.05, 3.63) is 114 Å². The van der Waals surface area contributed by atoms with Gasteiger partial charge in [-0.05, 0) is 61.2 Å². The van der Waals surface area contributed by atoms with E-state index in [-0.39, 0.29) is 20.1 Å². The maximum absolute atomic E-state index is 6.40. The summed E-state index contributed by atoms with van der Waals surface area (Å²) >= 11 is 0. The molecule has 223 valence electrons. The van der Waals surface area contributed by atoms with Gasteiger partial charge in [-0.1, -0.05) is 86.4 Å². The van der Waals surface area contributed by atoms with Crippen molar-refractivity contribution in [1.82, 2.24) is 9.97 Å². The van der Waals surface area contributed by atoms with Gasteiger partial charge in [-0.25, -0.2) is 0 Å². The number of aryl methyl sites for hydroxylation is 2. The molecule has 0 bridgehead atoms. The molecule has 43 heavy (non-hydrogen) atoms. The van der Waals surface area contributed by atoms with E-state index in [1.807, 2.05) is 49.5 Å². The van der Waals surface area contributed by atoms with E-state index in [9.17, 15) is 0 Å². The Balaban J connectivity index is 0.000000253. The van der Waals surface area contributed by atoms with Crippen LogP contribution >= 0.6 is 0 Å². The topological polar surface area (TPSA) is 38.9 Å². The normalized spacial score (nSPS) is 11.3. The van der Waals surface area contributed by atoms with Crippen LogP contribution in [0.1, 0.15) is 49.3 Å². The van der Waals surface area contributed by atoms with Crippen LogP contribution in [0.25, 0.3) is 44.5 Å². The number of pyridine rings is 2. The first kappa shape index (κ1) is 32.5. The van der Waals surface area contributed by atoms with Crippen molar-refractivity contribution in [2.45, 2.75) is 66.1 Å². The molecule has 3 heterocycles. The summed E-state index contributed by atoms with van der Waals surface area (Å²) in [6.07, 6.45) is 6.20. The average molecular weight is 761 g/mol. The van der Waals surface area contributed by atoms with E-state index >= 15 is 0 Å². The molecule has 0 N–H and O–H groups in total. The summed E-state index contributed by atoms with van der Waals surface area (Å²) in [7, 11) is -1.56. The molecule has 0 aliphatic heterocycles. The molecule has 0 atom stereocenters. The molecule has 0 fully saturated rings. The molecule has 6 rings (SSSR count). The Morgan fingerprint density at radius 3 is 2.23 bits per heavy atom. The minimum absolute atomic E-state index is 0. The zero-order chi connectivity index (χ0) is 29.9. The molecular weight excluding hydrogens is 721 g/mol. The van der Waals surface area contributed by atoms with Crippen molar-refractivity contribution in [3.8, 4) is 22.5 Å². The minimum Gasteiger partial charge on any atom is -0.501 e. The molecule has 0 aliphatic rings. The second kappa shape index (κ2) is 13.9. The molecule has 3 aromatic carbocycles. The quantitative estimate of drug-likeness (QED) is 0.125. The van der Waals surface area contributed by atoms with Gasteiger partial charge in [0.25, 0.3) is 0 Å². The Hall–Kier alpha value is -3.37. The van der Waals surface area contributed by atoms with Gasteiger partial charge in [-0.2, -0.15) is 0 Å². The largest absolute Gasteiger partial charge is 0.501 e. The van der Waals surface area contributed by atoms with Gasteiger partial charge >= 0.3 is 0 Å². The second-order valence-electron chi connectivity index (χ2n) is 12.1. The Morgan fingerprint density at radius 1 is 0.860 bits per heavy atom. The Kier molecular flexibility index (Phi) is 10.6. The predicted octanol–water partition coefficient (Wildman–Crippen LogP) is 10.1. The number of benzene rings is 3. The number of fused-ring (bicyclic) bond motifs is 3. The monoisotopic (exact) mass is 761 g/mol.